The minimum Gasteiger partial charge on any atom is -0.399 e. The van der Waals surface area contributed by atoms with Crippen molar-refractivity contribution < 1.29 is 4.79 Å². The van der Waals surface area contributed by atoms with E-state index in [-0.39, 0.29) is 5.91 Å². The molecule has 0 unspecified atom stereocenters. The minimum absolute atomic E-state index is 0.0587. The number of carbonyl (C=O) groups is 1. The number of halogens is 1. The molecule has 2 N–H and O–H groups in total. The van der Waals surface area contributed by atoms with Crippen LogP contribution in [0.1, 0.15) is 15.9 Å². The van der Waals surface area contributed by atoms with Gasteiger partial charge in [0.1, 0.15) is 0 Å². The summed E-state index contributed by atoms with van der Waals surface area (Å²) in [6.07, 6.45) is 0. The molecule has 2 aromatic carbocycles. The summed E-state index contributed by atoms with van der Waals surface area (Å²) >= 11 is 5.91. The van der Waals surface area contributed by atoms with Gasteiger partial charge in [0.15, 0.2) is 0 Å². The lowest BCUT2D eigenvalue weighted by molar-refractivity contribution is 0.0628. The number of piperazine rings is 1. The highest BCUT2D eigenvalue weighted by molar-refractivity contribution is 6.30. The predicted octanol–water partition coefficient (Wildman–Crippen LogP) is 2.88. The van der Waals surface area contributed by atoms with Gasteiger partial charge in [0, 0.05) is 49.0 Å². The van der Waals surface area contributed by atoms with Crippen LogP contribution in [0, 0.1) is 0 Å². The summed E-state index contributed by atoms with van der Waals surface area (Å²) in [6.45, 7) is 4.10. The molecule has 0 saturated carbocycles. The van der Waals surface area contributed by atoms with Crippen LogP contribution >= 0.6 is 11.6 Å². The minimum atomic E-state index is 0.0587. The first-order valence-electron chi connectivity index (χ1n) is 7.73. The van der Waals surface area contributed by atoms with Gasteiger partial charge in [0.25, 0.3) is 5.91 Å². The van der Waals surface area contributed by atoms with E-state index < -0.39 is 0 Å². The van der Waals surface area contributed by atoms with Crippen LogP contribution in [0.3, 0.4) is 0 Å². The molecule has 5 heteroatoms. The molecule has 1 heterocycles. The predicted molar refractivity (Wildman–Crippen MR) is 93.5 cm³/mol. The number of carbonyl (C=O) groups excluding carboxylic acids is 1. The molecule has 23 heavy (non-hydrogen) atoms. The number of nitrogen functional groups attached to an aromatic ring is 1. The standard InChI is InChI=1S/C18H20ClN3O/c19-16-6-4-14(5-7-16)13-21-8-10-22(11-9-21)18(23)15-2-1-3-17(20)12-15/h1-7,12H,8-11,13,20H2. The number of rotatable bonds is 3. The third-order valence-corrected chi connectivity index (χ3v) is 4.36. The number of benzene rings is 2. The van der Waals surface area contributed by atoms with Crippen molar-refractivity contribution in [3.63, 3.8) is 0 Å². The molecule has 0 aliphatic carbocycles. The van der Waals surface area contributed by atoms with Crippen LogP contribution in [-0.2, 0) is 6.54 Å². The number of hydrogen-bond donors (Lipinski definition) is 1. The topological polar surface area (TPSA) is 49.6 Å². The molecule has 2 aromatic rings. The van der Waals surface area contributed by atoms with Gasteiger partial charge < -0.3 is 10.6 Å². The van der Waals surface area contributed by atoms with Gasteiger partial charge in [-0.1, -0.05) is 29.8 Å². The third-order valence-electron chi connectivity index (χ3n) is 4.11. The van der Waals surface area contributed by atoms with Crippen LogP contribution in [0.25, 0.3) is 0 Å². The summed E-state index contributed by atoms with van der Waals surface area (Å²) in [5, 5.41) is 0.756. The lowest BCUT2D eigenvalue weighted by atomic mass is 10.1. The van der Waals surface area contributed by atoms with Crippen LogP contribution in [0.5, 0.6) is 0 Å². The van der Waals surface area contributed by atoms with Crippen molar-refractivity contribution in [3.8, 4) is 0 Å². The maximum atomic E-state index is 12.5. The lowest BCUT2D eigenvalue weighted by Gasteiger charge is -2.34. The summed E-state index contributed by atoms with van der Waals surface area (Å²) in [5.74, 6) is 0.0587. The summed E-state index contributed by atoms with van der Waals surface area (Å²) in [6, 6.07) is 15.1. The molecule has 0 spiro atoms. The van der Waals surface area contributed by atoms with Gasteiger partial charge in [-0.15, -0.1) is 0 Å². The summed E-state index contributed by atoms with van der Waals surface area (Å²) in [7, 11) is 0. The van der Waals surface area contributed by atoms with E-state index in [1.165, 1.54) is 5.56 Å². The molecule has 0 radical (unpaired) electrons. The molecule has 1 fully saturated rings. The average Bonchev–Trinajstić information content (AvgIpc) is 2.57. The highest BCUT2D eigenvalue weighted by Gasteiger charge is 2.22. The number of nitrogens with two attached hydrogens (primary N) is 1. The number of nitrogens with zero attached hydrogens (tertiary/aromatic N) is 2. The summed E-state index contributed by atoms with van der Waals surface area (Å²) in [5.41, 5.74) is 8.28. The first kappa shape index (κ1) is 15.8. The van der Waals surface area contributed by atoms with Crippen molar-refractivity contribution in [2.45, 2.75) is 6.54 Å². The largest absolute Gasteiger partial charge is 0.399 e. The zero-order valence-electron chi connectivity index (χ0n) is 12.9. The molecule has 1 amide bonds. The van der Waals surface area contributed by atoms with E-state index in [9.17, 15) is 4.79 Å². The van der Waals surface area contributed by atoms with Crippen molar-refractivity contribution in [2.24, 2.45) is 0 Å². The van der Waals surface area contributed by atoms with Crippen LogP contribution in [-0.4, -0.2) is 41.9 Å². The molecule has 0 atom stereocenters. The van der Waals surface area contributed by atoms with E-state index in [1.54, 1.807) is 12.1 Å². The van der Waals surface area contributed by atoms with Crippen LogP contribution in [0.2, 0.25) is 5.02 Å². The molecule has 0 bridgehead atoms. The van der Waals surface area contributed by atoms with Gasteiger partial charge in [-0.25, -0.2) is 0 Å². The van der Waals surface area contributed by atoms with Gasteiger partial charge >= 0.3 is 0 Å². The smallest absolute Gasteiger partial charge is 0.254 e. The zero-order valence-corrected chi connectivity index (χ0v) is 13.7. The average molecular weight is 330 g/mol. The third kappa shape index (κ3) is 4.03. The first-order valence-corrected chi connectivity index (χ1v) is 8.11. The second-order valence-electron chi connectivity index (χ2n) is 5.82. The van der Waals surface area contributed by atoms with Crippen molar-refractivity contribution in [1.82, 2.24) is 9.80 Å². The molecule has 3 rings (SSSR count). The summed E-state index contributed by atoms with van der Waals surface area (Å²) < 4.78 is 0. The monoisotopic (exact) mass is 329 g/mol. The van der Waals surface area contributed by atoms with E-state index in [0.717, 1.165) is 37.7 Å². The van der Waals surface area contributed by atoms with Crippen LogP contribution in [0.4, 0.5) is 5.69 Å². The van der Waals surface area contributed by atoms with E-state index in [1.807, 2.05) is 41.3 Å². The Labute approximate surface area is 141 Å². The van der Waals surface area contributed by atoms with Crippen LogP contribution in [0.15, 0.2) is 48.5 Å². The number of amides is 1. The van der Waals surface area contributed by atoms with Gasteiger partial charge in [-0.3, -0.25) is 9.69 Å². The van der Waals surface area contributed by atoms with Gasteiger partial charge in [0.2, 0.25) is 0 Å². The van der Waals surface area contributed by atoms with Crippen molar-refractivity contribution in [2.75, 3.05) is 31.9 Å². The molecule has 1 saturated heterocycles. The van der Waals surface area contributed by atoms with Gasteiger partial charge in [-0.05, 0) is 35.9 Å². The second-order valence-corrected chi connectivity index (χ2v) is 6.26. The van der Waals surface area contributed by atoms with Crippen molar-refractivity contribution in [3.05, 3.63) is 64.7 Å². The van der Waals surface area contributed by atoms with E-state index in [4.69, 9.17) is 17.3 Å². The molecule has 120 valence electrons. The Hall–Kier alpha value is -2.04. The Bertz CT molecular complexity index is 679. The Morgan fingerprint density at radius 3 is 2.39 bits per heavy atom. The molecular weight excluding hydrogens is 310 g/mol. The fourth-order valence-corrected chi connectivity index (χ4v) is 2.94. The molecule has 4 nitrogen and oxygen atoms in total. The van der Waals surface area contributed by atoms with Gasteiger partial charge in [-0.2, -0.15) is 0 Å². The maximum absolute atomic E-state index is 12.5. The molecular formula is C18H20ClN3O. The first-order chi connectivity index (χ1) is 11.1. The molecule has 1 aliphatic heterocycles. The van der Waals surface area contributed by atoms with E-state index >= 15 is 0 Å². The van der Waals surface area contributed by atoms with E-state index in [0.29, 0.717) is 11.3 Å². The second kappa shape index (κ2) is 7.02. The molecule has 1 aliphatic rings. The Morgan fingerprint density at radius 2 is 1.74 bits per heavy atom. The fraction of sp³-hybridized carbons (Fsp3) is 0.278. The number of anilines is 1. The molecule has 0 aromatic heterocycles. The highest BCUT2D eigenvalue weighted by Crippen LogP contribution is 2.15. The number of hydrogen-bond acceptors (Lipinski definition) is 3. The SMILES string of the molecule is Nc1cccc(C(=O)N2CCN(Cc3ccc(Cl)cc3)CC2)c1. The highest BCUT2D eigenvalue weighted by atomic mass is 35.5. The Balaban J connectivity index is 1.55. The van der Waals surface area contributed by atoms with Crippen molar-refractivity contribution >= 4 is 23.2 Å². The quantitative estimate of drug-likeness (QED) is 0.881. The van der Waals surface area contributed by atoms with Crippen molar-refractivity contribution in [1.29, 1.82) is 0 Å². The zero-order chi connectivity index (χ0) is 16.2. The normalized spacial score (nSPS) is 15.6. The Kier molecular flexibility index (Phi) is 4.84. The fourth-order valence-electron chi connectivity index (χ4n) is 2.81. The van der Waals surface area contributed by atoms with E-state index in [2.05, 4.69) is 4.90 Å². The Morgan fingerprint density at radius 1 is 1.04 bits per heavy atom. The lowest BCUT2D eigenvalue weighted by Crippen LogP contribution is -2.48. The van der Waals surface area contributed by atoms with Crippen LogP contribution < -0.4 is 5.73 Å². The summed E-state index contributed by atoms with van der Waals surface area (Å²) in [4.78, 5) is 16.7. The maximum Gasteiger partial charge on any atom is 0.254 e. The van der Waals surface area contributed by atoms with Gasteiger partial charge in [0.05, 0.1) is 0 Å².